The molecule has 0 aliphatic heterocycles. The lowest BCUT2D eigenvalue weighted by Crippen LogP contribution is -3.11. The van der Waals surface area contributed by atoms with Gasteiger partial charge in [-0.2, -0.15) is 0 Å². The summed E-state index contributed by atoms with van der Waals surface area (Å²) in [4.78, 5) is 35.8. The summed E-state index contributed by atoms with van der Waals surface area (Å²) in [5, 5.41) is 2.19. The number of alkyl carbamates (subject to hydrolysis) is 1. The first-order valence-corrected chi connectivity index (χ1v) is 8.48. The fourth-order valence-corrected chi connectivity index (χ4v) is 2.37. The van der Waals surface area contributed by atoms with Gasteiger partial charge in [0.25, 0.3) is 5.91 Å². The number of carbonyl (C=O) groups excluding carboxylic acids is 3. The molecule has 0 saturated carbocycles. The van der Waals surface area contributed by atoms with Crippen LogP contribution < -0.4 is 15.0 Å². The number of hydrogen-bond acceptors (Lipinski definition) is 5. The molecule has 0 spiro atoms. The van der Waals surface area contributed by atoms with Gasteiger partial charge in [0.15, 0.2) is 12.3 Å². The lowest BCUT2D eigenvalue weighted by atomic mass is 10.1. The quantitative estimate of drug-likeness (QED) is 0.648. The van der Waals surface area contributed by atoms with Crippen molar-refractivity contribution in [3.05, 3.63) is 29.3 Å². The molecule has 2 N–H and O–H groups in total. The summed E-state index contributed by atoms with van der Waals surface area (Å²) >= 11 is 0. The van der Waals surface area contributed by atoms with E-state index in [-0.39, 0.29) is 18.9 Å². The van der Waals surface area contributed by atoms with Crippen LogP contribution in [-0.2, 0) is 16.1 Å². The van der Waals surface area contributed by atoms with Gasteiger partial charge in [-0.05, 0) is 45.9 Å². The highest BCUT2D eigenvalue weighted by atomic mass is 16.5. The van der Waals surface area contributed by atoms with E-state index in [1.54, 1.807) is 25.1 Å². The van der Waals surface area contributed by atoms with E-state index in [2.05, 4.69) is 5.32 Å². The molecule has 1 aromatic carbocycles. The number of benzene rings is 1. The normalized spacial score (nSPS) is 11.5. The molecule has 1 rings (SSSR count). The zero-order valence-corrected chi connectivity index (χ0v) is 15.3. The third-order valence-electron chi connectivity index (χ3n) is 3.63. The van der Waals surface area contributed by atoms with Gasteiger partial charge >= 0.3 is 6.09 Å². The molecule has 0 bridgehead atoms. The summed E-state index contributed by atoms with van der Waals surface area (Å²) in [6, 6.07) is 5.31. The number of imide groups is 1. The second kappa shape index (κ2) is 10.5. The zero-order chi connectivity index (χ0) is 18.8. The molecule has 0 radical (unpaired) electrons. The summed E-state index contributed by atoms with van der Waals surface area (Å²) in [5.74, 6) is 0.266. The number of rotatable bonds is 9. The minimum Gasteiger partial charge on any atom is -0.493 e. The van der Waals surface area contributed by atoms with Crippen molar-refractivity contribution >= 4 is 17.8 Å². The molecule has 0 fully saturated rings. The number of amides is 2. The molecule has 0 aliphatic rings. The van der Waals surface area contributed by atoms with E-state index in [1.807, 2.05) is 13.8 Å². The van der Waals surface area contributed by atoms with Crippen molar-refractivity contribution in [1.29, 1.82) is 0 Å². The Balaban J connectivity index is 2.85. The minimum absolute atomic E-state index is 0.0256. The number of quaternary nitrogens is 1. The van der Waals surface area contributed by atoms with E-state index in [4.69, 9.17) is 9.47 Å². The second-order valence-corrected chi connectivity index (χ2v) is 5.54. The highest BCUT2D eigenvalue weighted by molar-refractivity contribution is 5.94. The van der Waals surface area contributed by atoms with Gasteiger partial charge < -0.3 is 14.4 Å². The van der Waals surface area contributed by atoms with Crippen molar-refractivity contribution in [2.24, 2.45) is 0 Å². The fraction of sp³-hybridized carbons (Fsp3) is 0.500. The maximum atomic E-state index is 12.0. The summed E-state index contributed by atoms with van der Waals surface area (Å²) in [5.41, 5.74) is 1.46. The van der Waals surface area contributed by atoms with Gasteiger partial charge in [0.05, 0.1) is 19.8 Å². The van der Waals surface area contributed by atoms with Crippen LogP contribution in [0, 0.1) is 0 Å². The third kappa shape index (κ3) is 6.93. The number of nitrogens with one attached hydrogen (secondary N) is 2. The van der Waals surface area contributed by atoms with E-state index in [9.17, 15) is 14.4 Å². The van der Waals surface area contributed by atoms with Crippen molar-refractivity contribution in [3.8, 4) is 5.75 Å². The second-order valence-electron chi connectivity index (χ2n) is 5.54. The van der Waals surface area contributed by atoms with E-state index < -0.39 is 12.0 Å². The minimum atomic E-state index is -0.739. The van der Waals surface area contributed by atoms with Crippen molar-refractivity contribution in [1.82, 2.24) is 5.32 Å². The highest BCUT2D eigenvalue weighted by Crippen LogP contribution is 2.20. The third-order valence-corrected chi connectivity index (χ3v) is 3.63. The summed E-state index contributed by atoms with van der Waals surface area (Å²) < 4.78 is 10.3. The molecular formula is C18H27N2O5+. The molecule has 0 aliphatic carbocycles. The van der Waals surface area contributed by atoms with E-state index >= 15 is 0 Å². The van der Waals surface area contributed by atoms with Gasteiger partial charge in [0, 0.05) is 11.1 Å². The van der Waals surface area contributed by atoms with E-state index in [0.717, 1.165) is 10.5 Å². The molecule has 2 amide bonds. The average Bonchev–Trinajstić information content (AvgIpc) is 2.55. The van der Waals surface area contributed by atoms with Crippen LogP contribution in [0.5, 0.6) is 5.75 Å². The number of ketones is 1. The Morgan fingerprint density at radius 1 is 1.12 bits per heavy atom. The van der Waals surface area contributed by atoms with Crippen molar-refractivity contribution < 1.29 is 28.8 Å². The Morgan fingerprint density at radius 2 is 1.84 bits per heavy atom. The average molecular weight is 351 g/mol. The molecule has 0 heterocycles. The van der Waals surface area contributed by atoms with Crippen LogP contribution in [0.4, 0.5) is 4.79 Å². The van der Waals surface area contributed by atoms with Crippen molar-refractivity contribution in [2.75, 3.05) is 26.3 Å². The zero-order valence-electron chi connectivity index (χ0n) is 15.3. The number of carbonyl (C=O) groups is 3. The van der Waals surface area contributed by atoms with Gasteiger partial charge in [-0.1, -0.05) is 0 Å². The van der Waals surface area contributed by atoms with Crippen LogP contribution >= 0.6 is 0 Å². The van der Waals surface area contributed by atoms with Gasteiger partial charge in [-0.3, -0.25) is 14.9 Å². The Bertz CT molecular complexity index is 615. The number of likely N-dealkylation sites (N-methyl/N-ethyl adjacent to an activating group) is 1. The standard InChI is InChI=1S/C18H26N2O5/c1-5-20(12-17(22)19-18(23)25-7-3)11-15-10-14(13(4)21)8-9-16(15)24-6-2/h8-10H,5-7,11-12H2,1-4H3,(H,19,22,23)/p+1. The fourth-order valence-electron chi connectivity index (χ4n) is 2.37. The molecule has 0 aromatic heterocycles. The molecule has 1 unspecified atom stereocenters. The van der Waals surface area contributed by atoms with Crippen LogP contribution in [0.2, 0.25) is 0 Å². The van der Waals surface area contributed by atoms with E-state index in [0.29, 0.717) is 31.0 Å². The van der Waals surface area contributed by atoms with Crippen LogP contribution in [0.25, 0.3) is 0 Å². The number of hydrogen-bond donors (Lipinski definition) is 2. The molecule has 7 nitrogen and oxygen atoms in total. The molecule has 7 heteroatoms. The van der Waals surface area contributed by atoms with Crippen LogP contribution in [0.1, 0.15) is 43.6 Å². The Kier molecular flexibility index (Phi) is 8.63. The SMILES string of the molecule is CCOC(=O)NC(=O)C[NH+](CC)Cc1cc(C(C)=O)ccc1OCC. The first-order chi connectivity index (χ1) is 11.9. The van der Waals surface area contributed by atoms with Gasteiger partial charge in [0.2, 0.25) is 0 Å². The van der Waals surface area contributed by atoms with Gasteiger partial charge in [-0.25, -0.2) is 4.79 Å². The predicted octanol–water partition coefficient (Wildman–Crippen LogP) is 0.965. The monoisotopic (exact) mass is 351 g/mol. The van der Waals surface area contributed by atoms with Crippen LogP contribution in [0.15, 0.2) is 18.2 Å². The summed E-state index contributed by atoms with van der Waals surface area (Å²) in [6.07, 6.45) is -0.739. The molecule has 0 saturated heterocycles. The maximum Gasteiger partial charge on any atom is 0.414 e. The molecule has 138 valence electrons. The topological polar surface area (TPSA) is 86.1 Å². The first kappa shape index (κ1) is 20.6. The summed E-state index contributed by atoms with van der Waals surface area (Å²) in [6.45, 7) is 9.03. The van der Waals surface area contributed by atoms with E-state index in [1.165, 1.54) is 6.92 Å². The number of ether oxygens (including phenoxy) is 2. The maximum absolute atomic E-state index is 12.0. The number of Topliss-reactive ketones (excluding diaryl/α,β-unsaturated/α-hetero) is 1. The lowest BCUT2D eigenvalue weighted by molar-refractivity contribution is -0.904. The van der Waals surface area contributed by atoms with Crippen LogP contribution in [0.3, 0.4) is 0 Å². The smallest absolute Gasteiger partial charge is 0.414 e. The molecule has 25 heavy (non-hydrogen) atoms. The van der Waals surface area contributed by atoms with Crippen molar-refractivity contribution in [3.63, 3.8) is 0 Å². The Hall–Kier alpha value is -2.41. The largest absolute Gasteiger partial charge is 0.493 e. The lowest BCUT2D eigenvalue weighted by Gasteiger charge is -2.19. The summed E-state index contributed by atoms with van der Waals surface area (Å²) in [7, 11) is 0. The molecule has 1 aromatic rings. The van der Waals surface area contributed by atoms with Crippen molar-refractivity contribution in [2.45, 2.75) is 34.2 Å². The van der Waals surface area contributed by atoms with Crippen LogP contribution in [-0.4, -0.2) is 44.1 Å². The predicted molar refractivity (Wildman–Crippen MR) is 92.9 cm³/mol. The van der Waals surface area contributed by atoms with Gasteiger partial charge in [-0.15, -0.1) is 0 Å². The molecular weight excluding hydrogens is 324 g/mol. The Labute approximate surface area is 148 Å². The van der Waals surface area contributed by atoms with Gasteiger partial charge in [0.1, 0.15) is 12.3 Å². The molecule has 1 atom stereocenters. The Morgan fingerprint density at radius 3 is 2.40 bits per heavy atom. The first-order valence-electron chi connectivity index (χ1n) is 8.48. The highest BCUT2D eigenvalue weighted by Gasteiger charge is 2.18.